The van der Waals surface area contributed by atoms with Gasteiger partial charge in [-0.05, 0) is 12.1 Å². The van der Waals surface area contributed by atoms with Crippen LogP contribution in [-0.2, 0) is 9.53 Å². The molecule has 2 aliphatic rings. The molecule has 1 saturated heterocycles. The molecule has 0 saturated carbocycles. The Balaban J connectivity index is 0.00000245. The van der Waals surface area contributed by atoms with Gasteiger partial charge < -0.3 is 24.7 Å². The van der Waals surface area contributed by atoms with Crippen molar-refractivity contribution in [3.05, 3.63) is 72.3 Å². The van der Waals surface area contributed by atoms with Gasteiger partial charge in [0.2, 0.25) is 0 Å². The molecule has 1 fully saturated rings. The Labute approximate surface area is 191 Å². The van der Waals surface area contributed by atoms with Crippen LogP contribution in [-0.4, -0.2) is 54.3 Å². The number of fused-ring (bicyclic) bond motifs is 1. The zero-order valence-corrected chi connectivity index (χ0v) is 18.0. The van der Waals surface area contributed by atoms with Crippen molar-refractivity contribution >= 4 is 52.9 Å². The minimum absolute atomic E-state index is 0. The van der Waals surface area contributed by atoms with Gasteiger partial charge in [-0.3, -0.25) is 0 Å². The highest BCUT2D eigenvalue weighted by Crippen LogP contribution is 2.33. The van der Waals surface area contributed by atoms with Gasteiger partial charge in [0.05, 0.1) is 23.9 Å². The lowest BCUT2D eigenvalue weighted by molar-refractivity contribution is -0.129. The second kappa shape index (κ2) is 9.15. The first kappa shape index (κ1) is 21.5. The summed E-state index contributed by atoms with van der Waals surface area (Å²) in [4.78, 5) is 25.3. The Morgan fingerprint density at radius 1 is 0.969 bits per heavy atom. The smallest absolute Gasteiger partial charge is 0.365 e. The zero-order chi connectivity index (χ0) is 21.2. The molecule has 9 heteroatoms. The van der Waals surface area contributed by atoms with E-state index in [1.165, 1.54) is 6.40 Å². The number of benzene rings is 2. The number of piperazine rings is 1. The van der Waals surface area contributed by atoms with Crippen LogP contribution in [0.2, 0.25) is 0 Å². The highest BCUT2D eigenvalue weighted by atomic mass is 35.5. The minimum Gasteiger partial charge on any atom is -0.471 e. The summed E-state index contributed by atoms with van der Waals surface area (Å²) in [5.74, 6) is 0.0263. The lowest BCUT2D eigenvalue weighted by Gasteiger charge is -2.38. The Hall–Kier alpha value is -3.78. The van der Waals surface area contributed by atoms with Crippen molar-refractivity contribution in [2.45, 2.75) is 0 Å². The molecule has 0 aliphatic carbocycles. The van der Waals surface area contributed by atoms with E-state index in [1.54, 1.807) is 12.5 Å². The topological polar surface area (TPSA) is 96.7 Å². The summed E-state index contributed by atoms with van der Waals surface area (Å²) < 4.78 is 10.4. The third-order valence-corrected chi connectivity index (χ3v) is 5.45. The third-order valence-electron chi connectivity index (χ3n) is 5.45. The number of halogens is 1. The summed E-state index contributed by atoms with van der Waals surface area (Å²) in [6, 6.07) is 15.5. The van der Waals surface area contributed by atoms with Crippen molar-refractivity contribution in [3.8, 4) is 0 Å². The number of carbonyl (C=O) groups is 1. The Bertz CT molecular complexity index is 1210. The number of carbonyl (C=O) groups excluding carboxylic acids is 1. The summed E-state index contributed by atoms with van der Waals surface area (Å²) in [6.45, 7) is 2.64. The van der Waals surface area contributed by atoms with Gasteiger partial charge in [0.1, 0.15) is 0 Å². The summed E-state index contributed by atoms with van der Waals surface area (Å²) in [5.41, 5.74) is 9.00. The fourth-order valence-electron chi connectivity index (χ4n) is 3.90. The van der Waals surface area contributed by atoms with E-state index in [9.17, 15) is 4.79 Å². The van der Waals surface area contributed by atoms with Gasteiger partial charge in [-0.2, -0.15) is 0 Å². The van der Waals surface area contributed by atoms with Gasteiger partial charge in [-0.15, -0.1) is 12.4 Å². The van der Waals surface area contributed by atoms with Gasteiger partial charge in [0.15, 0.2) is 18.1 Å². The largest absolute Gasteiger partial charge is 0.471 e. The summed E-state index contributed by atoms with van der Waals surface area (Å²) in [5, 5.41) is 1.89. The van der Waals surface area contributed by atoms with E-state index in [4.69, 9.17) is 14.9 Å². The van der Waals surface area contributed by atoms with E-state index in [2.05, 4.69) is 14.9 Å². The fourth-order valence-corrected chi connectivity index (χ4v) is 3.90. The first-order chi connectivity index (χ1) is 15.2. The van der Waals surface area contributed by atoms with E-state index < -0.39 is 5.97 Å². The molecule has 1 aromatic heterocycles. The van der Waals surface area contributed by atoms with E-state index in [1.807, 2.05) is 53.4 Å². The number of cyclic esters (lactones) is 1. The van der Waals surface area contributed by atoms with Crippen LogP contribution in [0, 0.1) is 0 Å². The standard InChI is InChI=1S/C23H21N5O3.ClH/c24-23(26-17-6-2-1-3-7-17)28-11-9-27(10-12-28)21(20-22(29)31-15-25-20)18-8-4-5-16-13-30-14-19(16)18;/h1-8,13-15H,9-12H2,(H2,24,26);1H. The van der Waals surface area contributed by atoms with Crippen LogP contribution in [0.4, 0.5) is 5.69 Å². The Morgan fingerprint density at radius 2 is 1.72 bits per heavy atom. The highest BCUT2D eigenvalue weighted by Gasteiger charge is 2.29. The number of furan rings is 1. The predicted octanol–water partition coefficient (Wildman–Crippen LogP) is 3.37. The van der Waals surface area contributed by atoms with Crippen LogP contribution in [0.5, 0.6) is 0 Å². The molecule has 2 aromatic carbocycles. The van der Waals surface area contributed by atoms with Crippen molar-refractivity contribution in [3.63, 3.8) is 0 Å². The number of ether oxygens (including phenoxy) is 1. The number of hydrogen-bond donors (Lipinski definition) is 1. The van der Waals surface area contributed by atoms with Gasteiger partial charge >= 0.3 is 5.97 Å². The van der Waals surface area contributed by atoms with Crippen molar-refractivity contribution in [1.82, 2.24) is 9.80 Å². The maximum Gasteiger partial charge on any atom is 0.365 e. The SMILES string of the molecule is Cl.NC(=Nc1ccccc1)N1CCN(C(=C2N=COC2=O)c2cccc3cocc23)CC1. The monoisotopic (exact) mass is 451 g/mol. The van der Waals surface area contributed by atoms with Gasteiger partial charge in [-0.1, -0.05) is 36.4 Å². The van der Waals surface area contributed by atoms with Crippen LogP contribution >= 0.6 is 12.4 Å². The van der Waals surface area contributed by atoms with Crippen molar-refractivity contribution < 1.29 is 13.9 Å². The molecule has 8 nitrogen and oxygen atoms in total. The molecule has 0 bridgehead atoms. The molecular formula is C23H22ClN5O3. The third kappa shape index (κ3) is 4.04. The number of aliphatic imine (C=N–C) groups is 2. The average molecular weight is 452 g/mol. The maximum atomic E-state index is 12.4. The molecule has 5 rings (SSSR count). The van der Waals surface area contributed by atoms with Crippen LogP contribution in [0.15, 0.2) is 81.2 Å². The van der Waals surface area contributed by atoms with Gasteiger partial charge in [0, 0.05) is 42.5 Å². The highest BCUT2D eigenvalue weighted by molar-refractivity contribution is 6.06. The molecule has 32 heavy (non-hydrogen) atoms. The zero-order valence-electron chi connectivity index (χ0n) is 17.2. The molecule has 0 radical (unpaired) electrons. The normalized spacial score (nSPS) is 18.0. The molecular weight excluding hydrogens is 430 g/mol. The molecule has 0 spiro atoms. The Kier molecular flexibility index (Phi) is 6.13. The number of hydrogen-bond acceptors (Lipinski definition) is 6. The molecule has 3 aromatic rings. The van der Waals surface area contributed by atoms with Crippen molar-refractivity contribution in [1.29, 1.82) is 0 Å². The van der Waals surface area contributed by atoms with E-state index in [0.29, 0.717) is 37.8 Å². The first-order valence-corrected chi connectivity index (χ1v) is 10.0. The molecule has 164 valence electrons. The number of para-hydroxylation sites is 1. The number of esters is 1. The average Bonchev–Trinajstić information content (AvgIpc) is 3.45. The second-order valence-electron chi connectivity index (χ2n) is 7.30. The molecule has 2 N–H and O–H groups in total. The van der Waals surface area contributed by atoms with Crippen LogP contribution in [0.25, 0.3) is 16.5 Å². The molecule has 0 amide bonds. The van der Waals surface area contributed by atoms with Gasteiger partial charge in [-0.25, -0.2) is 14.8 Å². The summed E-state index contributed by atoms with van der Waals surface area (Å²) >= 11 is 0. The lowest BCUT2D eigenvalue weighted by Crippen LogP contribution is -2.50. The van der Waals surface area contributed by atoms with Crippen LogP contribution in [0.1, 0.15) is 5.56 Å². The molecule has 0 unspecified atom stereocenters. The van der Waals surface area contributed by atoms with E-state index in [-0.39, 0.29) is 12.4 Å². The summed E-state index contributed by atoms with van der Waals surface area (Å²) in [6.07, 6.45) is 4.57. The fraction of sp³-hybridized carbons (Fsp3) is 0.174. The second-order valence-corrected chi connectivity index (χ2v) is 7.30. The molecule has 0 atom stereocenters. The number of nitrogens with two attached hydrogens (primary N) is 1. The van der Waals surface area contributed by atoms with Crippen molar-refractivity contribution in [2.75, 3.05) is 26.2 Å². The van der Waals surface area contributed by atoms with Crippen molar-refractivity contribution in [2.24, 2.45) is 15.7 Å². The maximum absolute atomic E-state index is 12.4. The van der Waals surface area contributed by atoms with Gasteiger partial charge in [0.25, 0.3) is 0 Å². The number of guanidine groups is 1. The predicted molar refractivity (Wildman–Crippen MR) is 126 cm³/mol. The quantitative estimate of drug-likeness (QED) is 0.284. The van der Waals surface area contributed by atoms with Crippen LogP contribution < -0.4 is 5.73 Å². The molecule has 2 aliphatic heterocycles. The number of nitrogens with zero attached hydrogens (tertiary/aromatic N) is 4. The molecule has 3 heterocycles. The summed E-state index contributed by atoms with van der Waals surface area (Å²) in [7, 11) is 0. The Morgan fingerprint density at radius 3 is 2.44 bits per heavy atom. The van der Waals surface area contributed by atoms with E-state index in [0.717, 1.165) is 27.7 Å². The van der Waals surface area contributed by atoms with E-state index >= 15 is 0 Å². The lowest BCUT2D eigenvalue weighted by atomic mass is 10.0. The minimum atomic E-state index is -0.455. The number of rotatable bonds is 3. The first-order valence-electron chi connectivity index (χ1n) is 10.0. The van der Waals surface area contributed by atoms with Crippen LogP contribution in [0.3, 0.4) is 0 Å².